The smallest absolute Gasteiger partial charge is 0.353 e. The van der Waals surface area contributed by atoms with Gasteiger partial charge in [0, 0.05) is 14.2 Å². The van der Waals surface area contributed by atoms with Crippen LogP contribution in [0.1, 0.15) is 11.1 Å². The summed E-state index contributed by atoms with van der Waals surface area (Å²) >= 11 is 0. The van der Waals surface area contributed by atoms with Crippen LogP contribution in [-0.4, -0.2) is 23.3 Å². The van der Waals surface area contributed by atoms with E-state index in [0.717, 1.165) is 11.1 Å². The second-order valence-corrected chi connectivity index (χ2v) is 6.79. The van der Waals surface area contributed by atoms with Crippen molar-refractivity contribution in [2.75, 3.05) is 14.2 Å². The fourth-order valence-corrected chi connectivity index (χ4v) is 2.92. The number of hydrogen-bond donors (Lipinski definition) is 0. The second kappa shape index (κ2) is 8.79. The van der Waals surface area contributed by atoms with Gasteiger partial charge in [-0.05, 0) is 11.1 Å². The van der Waals surface area contributed by atoms with Crippen molar-refractivity contribution in [3.8, 4) is 0 Å². The molecule has 0 saturated heterocycles. The van der Waals surface area contributed by atoms with E-state index in [4.69, 9.17) is 22.7 Å². The molecule has 2 aromatic carbocycles. The minimum absolute atomic E-state index is 0.289. The van der Waals surface area contributed by atoms with Crippen molar-refractivity contribution in [3.05, 3.63) is 71.8 Å². The molecule has 0 aromatic heterocycles. The number of benzene rings is 2. The zero-order chi connectivity index (χ0) is 15.7. The highest BCUT2D eigenvalue weighted by Gasteiger charge is 2.45. The van der Waals surface area contributed by atoms with Crippen molar-refractivity contribution in [2.24, 2.45) is 0 Å². The van der Waals surface area contributed by atoms with Crippen LogP contribution in [0.25, 0.3) is 0 Å². The molecule has 0 N–H and O–H groups in total. The third kappa shape index (κ3) is 5.02. The molecule has 0 unspecified atom stereocenters. The average Bonchev–Trinajstić information content (AvgIpc) is 2.60. The topological polar surface area (TPSA) is 46.2 Å². The zero-order valence-electron chi connectivity index (χ0n) is 12.7. The van der Waals surface area contributed by atoms with Gasteiger partial charge in [0.05, 0.1) is 6.61 Å². The molecule has 118 valence electrons. The Kier molecular flexibility index (Phi) is 6.72. The first-order valence-corrected chi connectivity index (χ1v) is 8.54. The summed E-state index contributed by atoms with van der Waals surface area (Å²) in [5.41, 5.74) is 1.99. The summed E-state index contributed by atoms with van der Waals surface area (Å²) in [6.45, 7) is 0.612. The molecular formula is C16H20O5Si. The van der Waals surface area contributed by atoms with E-state index in [2.05, 4.69) is 0 Å². The predicted molar refractivity (Wildman–Crippen MR) is 83.3 cm³/mol. The molecule has 0 radical (unpaired) electrons. The summed E-state index contributed by atoms with van der Waals surface area (Å²) in [7, 11) is -0.345. The largest absolute Gasteiger partial charge is 0.707 e. The van der Waals surface area contributed by atoms with Crippen molar-refractivity contribution in [3.63, 3.8) is 0 Å². The van der Waals surface area contributed by atoms with Crippen molar-refractivity contribution in [1.82, 2.24) is 0 Å². The summed E-state index contributed by atoms with van der Waals surface area (Å²) in [6, 6.07) is 19.4. The van der Waals surface area contributed by atoms with E-state index >= 15 is 0 Å². The molecule has 0 aliphatic heterocycles. The van der Waals surface area contributed by atoms with Crippen LogP contribution < -0.4 is 0 Å². The minimum Gasteiger partial charge on any atom is -0.353 e. The Morgan fingerprint density at radius 3 is 1.73 bits per heavy atom. The van der Waals surface area contributed by atoms with Crippen LogP contribution in [0.4, 0.5) is 0 Å². The maximum absolute atomic E-state index is 5.70. The van der Waals surface area contributed by atoms with Crippen molar-refractivity contribution in [2.45, 2.75) is 13.2 Å². The van der Waals surface area contributed by atoms with Crippen LogP contribution in [0.5, 0.6) is 0 Å². The molecule has 0 aliphatic rings. The molecule has 0 atom stereocenters. The standard InChI is InChI=1S/C16H20O5Si/c1-17-22(18-2,20-14-16-11-7-4-8-12-16)21-19-13-15-9-5-3-6-10-15/h3-12H,13-14H2,1-2H3. The van der Waals surface area contributed by atoms with E-state index in [-0.39, 0.29) is 6.61 Å². The summed E-state index contributed by atoms with van der Waals surface area (Å²) in [6.07, 6.45) is 0. The van der Waals surface area contributed by atoms with Gasteiger partial charge >= 0.3 is 9.05 Å². The lowest BCUT2D eigenvalue weighted by Crippen LogP contribution is -2.47. The van der Waals surface area contributed by atoms with Crippen LogP contribution in [0.15, 0.2) is 60.7 Å². The van der Waals surface area contributed by atoms with Gasteiger partial charge < -0.3 is 13.3 Å². The van der Waals surface area contributed by atoms with Crippen LogP contribution in [-0.2, 0) is 36.0 Å². The van der Waals surface area contributed by atoms with Crippen LogP contribution in [0, 0.1) is 0 Å². The number of rotatable bonds is 9. The first-order chi connectivity index (χ1) is 10.8. The molecule has 0 spiro atoms. The van der Waals surface area contributed by atoms with Gasteiger partial charge in [-0.15, -0.1) is 0 Å². The van der Waals surface area contributed by atoms with Gasteiger partial charge in [-0.25, -0.2) is 4.89 Å². The zero-order valence-corrected chi connectivity index (χ0v) is 13.7. The summed E-state index contributed by atoms with van der Waals surface area (Å²) in [4.78, 5) is 5.24. The van der Waals surface area contributed by atoms with Crippen molar-refractivity contribution >= 4 is 9.05 Å². The summed E-state index contributed by atoms with van der Waals surface area (Å²) in [5, 5.41) is 0. The Bertz CT molecular complexity index is 531. The lowest BCUT2D eigenvalue weighted by atomic mass is 10.2. The average molecular weight is 320 g/mol. The lowest BCUT2D eigenvalue weighted by molar-refractivity contribution is -0.280. The number of hydrogen-bond acceptors (Lipinski definition) is 5. The summed E-state index contributed by atoms with van der Waals surface area (Å²) in [5.74, 6) is 0. The SMILES string of the molecule is CO[Si](OC)(OCc1ccccc1)OOCc1ccccc1. The maximum atomic E-state index is 5.70. The van der Waals surface area contributed by atoms with E-state index in [9.17, 15) is 0 Å². The third-order valence-electron chi connectivity index (χ3n) is 2.99. The third-order valence-corrected chi connectivity index (χ3v) is 4.81. The quantitative estimate of drug-likeness (QED) is 0.404. The normalized spacial score (nSPS) is 11.5. The van der Waals surface area contributed by atoms with Crippen LogP contribution in [0.3, 0.4) is 0 Å². The van der Waals surface area contributed by atoms with E-state index in [1.54, 1.807) is 0 Å². The second-order valence-electron chi connectivity index (χ2n) is 4.51. The Morgan fingerprint density at radius 2 is 1.23 bits per heavy atom. The predicted octanol–water partition coefficient (Wildman–Crippen LogP) is 3.08. The van der Waals surface area contributed by atoms with Gasteiger partial charge in [-0.1, -0.05) is 60.7 Å². The molecule has 0 heterocycles. The first kappa shape index (κ1) is 16.8. The summed E-state index contributed by atoms with van der Waals surface area (Å²) < 4.78 is 21.6. The Hall–Kier alpha value is -1.54. The molecule has 22 heavy (non-hydrogen) atoms. The fraction of sp³-hybridized carbons (Fsp3) is 0.250. The highest BCUT2D eigenvalue weighted by Crippen LogP contribution is 2.14. The molecule has 5 nitrogen and oxygen atoms in total. The Balaban J connectivity index is 1.87. The molecule has 2 aromatic rings. The monoisotopic (exact) mass is 320 g/mol. The molecule has 2 rings (SSSR count). The molecule has 0 amide bonds. The van der Waals surface area contributed by atoms with Crippen LogP contribution in [0.2, 0.25) is 0 Å². The van der Waals surface area contributed by atoms with Gasteiger partial charge in [0.2, 0.25) is 0 Å². The highest BCUT2D eigenvalue weighted by molar-refractivity contribution is 6.53. The molecule has 0 aliphatic carbocycles. The Morgan fingerprint density at radius 1 is 0.727 bits per heavy atom. The van der Waals surface area contributed by atoms with Crippen molar-refractivity contribution < 1.29 is 22.7 Å². The minimum atomic E-state index is -3.30. The fourth-order valence-electron chi connectivity index (χ4n) is 1.78. The molecule has 6 heteroatoms. The highest BCUT2D eigenvalue weighted by atomic mass is 28.4. The molecule has 0 bridgehead atoms. The van der Waals surface area contributed by atoms with E-state index in [1.807, 2.05) is 60.7 Å². The molecular weight excluding hydrogens is 300 g/mol. The van der Waals surface area contributed by atoms with Gasteiger partial charge in [0.1, 0.15) is 6.61 Å². The van der Waals surface area contributed by atoms with Crippen molar-refractivity contribution in [1.29, 1.82) is 0 Å². The van der Waals surface area contributed by atoms with Gasteiger partial charge in [0.15, 0.2) is 0 Å². The van der Waals surface area contributed by atoms with E-state index in [0.29, 0.717) is 6.61 Å². The van der Waals surface area contributed by atoms with E-state index < -0.39 is 9.05 Å². The first-order valence-electron chi connectivity index (χ1n) is 6.91. The lowest BCUT2D eigenvalue weighted by Gasteiger charge is -2.23. The van der Waals surface area contributed by atoms with Gasteiger partial charge in [-0.2, -0.15) is 4.58 Å². The Labute approximate surface area is 131 Å². The molecule has 0 saturated carbocycles. The van der Waals surface area contributed by atoms with Crippen LogP contribution >= 0.6 is 0 Å². The van der Waals surface area contributed by atoms with Gasteiger partial charge in [0.25, 0.3) is 0 Å². The maximum Gasteiger partial charge on any atom is 0.707 e. The van der Waals surface area contributed by atoms with Gasteiger partial charge in [-0.3, -0.25) is 0 Å². The molecule has 0 fully saturated rings. The van der Waals surface area contributed by atoms with E-state index in [1.165, 1.54) is 14.2 Å².